The fourth-order valence-corrected chi connectivity index (χ4v) is 1.73. The van der Waals surface area contributed by atoms with Crippen LogP contribution in [0, 0.1) is 30.1 Å². The van der Waals surface area contributed by atoms with E-state index in [1.54, 1.807) is 24.4 Å². The first-order valence-corrected chi connectivity index (χ1v) is 6.98. The van der Waals surface area contributed by atoms with Crippen molar-refractivity contribution in [1.29, 1.82) is 5.26 Å². The SMILES string of the molecule is Cc1ccc(OCC#CCNC(=O)c2cccc(C#N)c2)cn1. The molecule has 1 N–H and O–H groups in total. The first-order valence-electron chi connectivity index (χ1n) is 6.98. The third-order valence-corrected chi connectivity index (χ3v) is 2.91. The third kappa shape index (κ3) is 5.18. The quantitative estimate of drug-likeness (QED) is 0.878. The molecule has 0 aliphatic rings. The average Bonchev–Trinajstić information content (AvgIpc) is 2.59. The molecule has 0 spiro atoms. The van der Waals surface area contributed by atoms with Crippen LogP contribution in [-0.4, -0.2) is 24.0 Å². The highest BCUT2D eigenvalue weighted by molar-refractivity contribution is 5.94. The summed E-state index contributed by atoms with van der Waals surface area (Å²) in [5.74, 6) is 6.01. The van der Waals surface area contributed by atoms with Crippen LogP contribution in [0.4, 0.5) is 0 Å². The van der Waals surface area contributed by atoms with Gasteiger partial charge in [0, 0.05) is 11.3 Å². The van der Waals surface area contributed by atoms with Crippen LogP contribution in [0.5, 0.6) is 5.75 Å². The molecule has 0 bridgehead atoms. The van der Waals surface area contributed by atoms with Gasteiger partial charge in [-0.15, -0.1) is 0 Å². The van der Waals surface area contributed by atoms with E-state index in [4.69, 9.17) is 10.00 Å². The lowest BCUT2D eigenvalue weighted by molar-refractivity contribution is 0.0958. The van der Waals surface area contributed by atoms with Gasteiger partial charge in [-0.3, -0.25) is 9.78 Å². The van der Waals surface area contributed by atoms with Gasteiger partial charge in [0.25, 0.3) is 5.91 Å². The predicted molar refractivity (Wildman–Crippen MR) is 85.7 cm³/mol. The van der Waals surface area contributed by atoms with Crippen molar-refractivity contribution in [2.75, 3.05) is 13.2 Å². The number of amides is 1. The molecule has 1 aromatic carbocycles. The maximum atomic E-state index is 11.9. The number of rotatable bonds is 4. The monoisotopic (exact) mass is 305 g/mol. The molecule has 114 valence electrons. The molecule has 0 radical (unpaired) electrons. The molecular formula is C18H15N3O2. The van der Waals surface area contributed by atoms with Crippen LogP contribution < -0.4 is 10.1 Å². The summed E-state index contributed by atoms with van der Waals surface area (Å²) < 4.78 is 5.40. The summed E-state index contributed by atoms with van der Waals surface area (Å²) in [6.07, 6.45) is 1.64. The number of hydrogen-bond donors (Lipinski definition) is 1. The van der Waals surface area contributed by atoms with Crippen LogP contribution in [0.15, 0.2) is 42.6 Å². The molecule has 5 nitrogen and oxygen atoms in total. The summed E-state index contributed by atoms with van der Waals surface area (Å²) in [5, 5.41) is 11.5. The van der Waals surface area contributed by atoms with Gasteiger partial charge in [0.1, 0.15) is 12.4 Å². The molecule has 0 atom stereocenters. The van der Waals surface area contributed by atoms with E-state index in [2.05, 4.69) is 22.1 Å². The molecular weight excluding hydrogens is 290 g/mol. The number of nitrogens with zero attached hydrogens (tertiary/aromatic N) is 2. The Kier molecular flexibility index (Phi) is 5.74. The van der Waals surface area contributed by atoms with Crippen molar-refractivity contribution in [2.24, 2.45) is 0 Å². The Morgan fingerprint density at radius 2 is 2.17 bits per heavy atom. The lowest BCUT2D eigenvalue weighted by Crippen LogP contribution is -2.23. The number of carbonyl (C=O) groups excluding carboxylic acids is 1. The van der Waals surface area contributed by atoms with Crippen molar-refractivity contribution in [3.63, 3.8) is 0 Å². The largest absolute Gasteiger partial charge is 0.479 e. The van der Waals surface area contributed by atoms with Crippen LogP contribution in [-0.2, 0) is 0 Å². The second-order valence-corrected chi connectivity index (χ2v) is 4.65. The van der Waals surface area contributed by atoms with E-state index >= 15 is 0 Å². The van der Waals surface area contributed by atoms with Crippen LogP contribution in [0.3, 0.4) is 0 Å². The fourth-order valence-electron chi connectivity index (χ4n) is 1.73. The van der Waals surface area contributed by atoms with Gasteiger partial charge in [-0.25, -0.2) is 0 Å². The van der Waals surface area contributed by atoms with Crippen molar-refractivity contribution in [3.8, 4) is 23.7 Å². The molecule has 1 heterocycles. The van der Waals surface area contributed by atoms with E-state index in [0.717, 1.165) is 5.69 Å². The van der Waals surface area contributed by atoms with Crippen molar-refractivity contribution >= 4 is 5.91 Å². The van der Waals surface area contributed by atoms with Crippen LogP contribution >= 0.6 is 0 Å². The van der Waals surface area contributed by atoms with Crippen molar-refractivity contribution < 1.29 is 9.53 Å². The number of ether oxygens (including phenoxy) is 1. The molecule has 1 amide bonds. The summed E-state index contributed by atoms with van der Waals surface area (Å²) in [7, 11) is 0. The number of pyridine rings is 1. The molecule has 2 rings (SSSR count). The lowest BCUT2D eigenvalue weighted by atomic mass is 10.1. The normalized spacial score (nSPS) is 9.22. The molecule has 0 saturated heterocycles. The molecule has 0 aliphatic carbocycles. The Bertz CT molecular complexity index is 780. The topological polar surface area (TPSA) is 75.0 Å². The minimum atomic E-state index is -0.264. The fraction of sp³-hybridized carbons (Fsp3) is 0.167. The molecule has 0 aliphatic heterocycles. The standard InChI is InChI=1S/C18H15N3O2/c1-14-7-8-17(13-21-14)23-10-3-2-9-20-18(22)16-6-4-5-15(11-16)12-19/h4-8,11,13H,9-10H2,1H3,(H,20,22). The average molecular weight is 305 g/mol. The van der Waals surface area contributed by atoms with E-state index in [1.165, 1.54) is 6.07 Å². The zero-order valence-corrected chi connectivity index (χ0v) is 12.7. The second-order valence-electron chi connectivity index (χ2n) is 4.65. The molecule has 23 heavy (non-hydrogen) atoms. The summed E-state index contributed by atoms with van der Waals surface area (Å²) in [6.45, 7) is 2.34. The number of aryl methyl sites for hydroxylation is 1. The van der Waals surface area contributed by atoms with E-state index < -0.39 is 0 Å². The highest BCUT2D eigenvalue weighted by atomic mass is 16.5. The Morgan fingerprint density at radius 3 is 2.91 bits per heavy atom. The number of benzene rings is 1. The summed E-state index contributed by atoms with van der Waals surface area (Å²) in [6, 6.07) is 12.2. The van der Waals surface area contributed by atoms with Gasteiger partial charge < -0.3 is 10.1 Å². The first kappa shape index (κ1) is 16.1. The molecule has 2 aromatic rings. The molecule has 0 unspecified atom stereocenters. The van der Waals surface area contributed by atoms with E-state index in [9.17, 15) is 4.79 Å². The highest BCUT2D eigenvalue weighted by Gasteiger charge is 2.04. The Morgan fingerprint density at radius 1 is 1.30 bits per heavy atom. The molecule has 0 saturated carbocycles. The summed E-state index contributed by atoms with van der Waals surface area (Å²) >= 11 is 0. The number of nitriles is 1. The Labute approximate surface area is 134 Å². The van der Waals surface area contributed by atoms with Gasteiger partial charge in [-0.2, -0.15) is 5.26 Å². The minimum absolute atomic E-state index is 0.213. The smallest absolute Gasteiger partial charge is 0.252 e. The maximum Gasteiger partial charge on any atom is 0.252 e. The highest BCUT2D eigenvalue weighted by Crippen LogP contribution is 2.07. The van der Waals surface area contributed by atoms with E-state index in [1.807, 2.05) is 25.1 Å². The third-order valence-electron chi connectivity index (χ3n) is 2.91. The van der Waals surface area contributed by atoms with Crippen molar-refractivity contribution in [1.82, 2.24) is 10.3 Å². The lowest BCUT2D eigenvalue weighted by Gasteiger charge is -2.02. The van der Waals surface area contributed by atoms with Crippen molar-refractivity contribution in [3.05, 3.63) is 59.4 Å². The number of carbonyl (C=O) groups is 1. The van der Waals surface area contributed by atoms with Crippen LogP contribution in [0.1, 0.15) is 21.6 Å². The molecule has 5 heteroatoms. The van der Waals surface area contributed by atoms with Crippen LogP contribution in [0.2, 0.25) is 0 Å². The zero-order chi connectivity index (χ0) is 16.5. The van der Waals surface area contributed by atoms with Gasteiger partial charge in [0.15, 0.2) is 0 Å². The van der Waals surface area contributed by atoms with Gasteiger partial charge >= 0.3 is 0 Å². The molecule has 1 aromatic heterocycles. The Hall–Kier alpha value is -3.31. The summed E-state index contributed by atoms with van der Waals surface area (Å²) in [4.78, 5) is 16.0. The van der Waals surface area contributed by atoms with E-state index in [0.29, 0.717) is 16.9 Å². The first-order chi connectivity index (χ1) is 11.2. The maximum absolute atomic E-state index is 11.9. The summed E-state index contributed by atoms with van der Waals surface area (Å²) in [5.41, 5.74) is 1.81. The zero-order valence-electron chi connectivity index (χ0n) is 12.7. The van der Waals surface area contributed by atoms with Gasteiger partial charge in [-0.1, -0.05) is 17.9 Å². The second kappa shape index (κ2) is 8.21. The molecule has 0 fully saturated rings. The van der Waals surface area contributed by atoms with Gasteiger partial charge in [0.2, 0.25) is 0 Å². The Balaban J connectivity index is 1.75. The van der Waals surface area contributed by atoms with Crippen LogP contribution in [0.25, 0.3) is 0 Å². The predicted octanol–water partition coefficient (Wildman–Crippen LogP) is 2.07. The number of aromatic nitrogens is 1. The van der Waals surface area contributed by atoms with Gasteiger partial charge in [-0.05, 0) is 37.3 Å². The number of nitrogens with one attached hydrogen (secondary N) is 1. The number of hydrogen-bond acceptors (Lipinski definition) is 4. The van der Waals surface area contributed by atoms with E-state index in [-0.39, 0.29) is 19.1 Å². The van der Waals surface area contributed by atoms with Crippen molar-refractivity contribution in [2.45, 2.75) is 6.92 Å². The minimum Gasteiger partial charge on any atom is -0.479 e. The van der Waals surface area contributed by atoms with Gasteiger partial charge in [0.05, 0.1) is 24.4 Å².